The summed E-state index contributed by atoms with van der Waals surface area (Å²) < 4.78 is 75.0. The van der Waals surface area contributed by atoms with Crippen LogP contribution in [0.5, 0.6) is 11.5 Å². The van der Waals surface area contributed by atoms with Crippen LogP contribution >= 0.6 is 0 Å². The molecule has 14 heteroatoms. The van der Waals surface area contributed by atoms with Gasteiger partial charge in [-0.25, -0.2) is 26.3 Å². The quantitative estimate of drug-likeness (QED) is 0.0860. The van der Waals surface area contributed by atoms with Crippen LogP contribution in [0.15, 0.2) is 125 Å². The van der Waals surface area contributed by atoms with Crippen molar-refractivity contribution in [2.24, 2.45) is 0 Å². The van der Waals surface area contributed by atoms with Gasteiger partial charge >= 0.3 is 0 Å². The SMILES string of the molecule is COc1ccc(C(OCCCNS(=O)(=O)c2ccc3c(c2)C(=O)c2ccc(S(=O)(=O)NCCCO)cc2C3=O)(c2ccccc2)c2ccc(OC)cc2)cc1. The number of carbonyl (C=O) groups is 2. The van der Waals surface area contributed by atoms with Crippen LogP contribution in [0.1, 0.15) is 61.4 Å². The molecule has 5 aromatic rings. The Morgan fingerprint density at radius 1 is 0.564 bits per heavy atom. The van der Waals surface area contributed by atoms with Crippen molar-refractivity contribution in [1.29, 1.82) is 0 Å². The Labute approximate surface area is 320 Å². The molecule has 5 aromatic carbocycles. The van der Waals surface area contributed by atoms with Crippen molar-refractivity contribution in [3.63, 3.8) is 0 Å². The molecule has 0 fully saturated rings. The van der Waals surface area contributed by atoms with E-state index in [1.165, 1.54) is 24.3 Å². The van der Waals surface area contributed by atoms with E-state index in [9.17, 15) is 26.4 Å². The fourth-order valence-corrected chi connectivity index (χ4v) is 8.67. The number of aliphatic hydroxyl groups excluding tert-OH is 1. The number of methoxy groups -OCH3 is 2. The van der Waals surface area contributed by atoms with Gasteiger partial charge in [0.25, 0.3) is 0 Å². The number of carbonyl (C=O) groups excluding carboxylic acids is 2. The standard InChI is InChI=1S/C41H40N2O10S2/c1-51-31-14-10-29(11-15-31)41(28-8-4-3-5-9-28,30-12-16-32(52-2)17-13-30)53-25-7-23-43-55(49,50)34-19-21-36-38(27-34)40(46)35-20-18-33(26-37(35)39(36)45)54(47,48)42-22-6-24-44/h3-5,8-21,26-27,42-44H,6-7,22-25H2,1-2H3. The molecule has 6 rings (SSSR count). The van der Waals surface area contributed by atoms with Crippen LogP contribution in [0.3, 0.4) is 0 Å². The lowest BCUT2D eigenvalue weighted by Gasteiger charge is -2.36. The number of benzene rings is 5. The maximum Gasteiger partial charge on any atom is 0.240 e. The third-order valence-electron chi connectivity index (χ3n) is 9.31. The van der Waals surface area contributed by atoms with Crippen molar-refractivity contribution in [1.82, 2.24) is 9.44 Å². The summed E-state index contributed by atoms with van der Waals surface area (Å²) in [5.41, 5.74) is 1.14. The van der Waals surface area contributed by atoms with Crippen molar-refractivity contribution >= 4 is 31.6 Å². The van der Waals surface area contributed by atoms with Gasteiger partial charge < -0.3 is 19.3 Å². The normalized spacial score (nSPS) is 12.9. The lowest BCUT2D eigenvalue weighted by atomic mass is 9.80. The lowest BCUT2D eigenvalue weighted by Crippen LogP contribution is -2.34. The van der Waals surface area contributed by atoms with Crippen LogP contribution in [-0.2, 0) is 30.4 Å². The first kappa shape index (κ1) is 39.5. The second-order valence-electron chi connectivity index (χ2n) is 12.7. The molecule has 12 nitrogen and oxygen atoms in total. The summed E-state index contributed by atoms with van der Waals surface area (Å²) in [6.45, 7) is -0.0804. The van der Waals surface area contributed by atoms with Gasteiger partial charge in [-0.2, -0.15) is 0 Å². The van der Waals surface area contributed by atoms with Gasteiger partial charge in [0, 0.05) is 48.6 Å². The summed E-state index contributed by atoms with van der Waals surface area (Å²) in [7, 11) is -4.97. The minimum absolute atomic E-state index is 0.00514. The van der Waals surface area contributed by atoms with E-state index in [1.54, 1.807) is 14.2 Å². The largest absolute Gasteiger partial charge is 0.497 e. The Morgan fingerprint density at radius 2 is 1.00 bits per heavy atom. The van der Waals surface area contributed by atoms with E-state index in [1.807, 2.05) is 78.9 Å². The summed E-state index contributed by atoms with van der Waals surface area (Å²) in [5.74, 6) is 0.134. The highest BCUT2D eigenvalue weighted by Gasteiger charge is 2.38. The molecule has 1 aliphatic carbocycles. The molecule has 0 amide bonds. The molecule has 55 heavy (non-hydrogen) atoms. The van der Waals surface area contributed by atoms with Crippen LogP contribution < -0.4 is 18.9 Å². The molecule has 0 aliphatic heterocycles. The number of hydrogen-bond acceptors (Lipinski definition) is 10. The molecule has 0 unspecified atom stereocenters. The molecule has 0 saturated heterocycles. The van der Waals surface area contributed by atoms with Crippen molar-refractivity contribution in [3.8, 4) is 11.5 Å². The molecule has 0 atom stereocenters. The third kappa shape index (κ3) is 8.10. The Kier molecular flexibility index (Phi) is 12.0. The topological polar surface area (TPSA) is 174 Å². The predicted octanol–water partition coefficient (Wildman–Crippen LogP) is 4.82. The number of fused-ring (bicyclic) bond motifs is 2. The molecule has 0 saturated carbocycles. The molecule has 0 radical (unpaired) electrons. The van der Waals surface area contributed by atoms with E-state index in [-0.39, 0.29) is 71.2 Å². The molecule has 3 N–H and O–H groups in total. The third-order valence-corrected chi connectivity index (χ3v) is 12.2. The first-order valence-electron chi connectivity index (χ1n) is 17.4. The molecule has 0 aromatic heterocycles. The maximum atomic E-state index is 13.5. The number of aliphatic hydroxyl groups is 1. The van der Waals surface area contributed by atoms with Gasteiger partial charge in [-0.15, -0.1) is 0 Å². The Hall–Kier alpha value is -5.22. The highest BCUT2D eigenvalue weighted by atomic mass is 32.2. The molecule has 286 valence electrons. The molecule has 0 bridgehead atoms. The number of nitrogens with one attached hydrogen (secondary N) is 2. The maximum absolute atomic E-state index is 13.5. The van der Waals surface area contributed by atoms with Gasteiger partial charge in [0.05, 0.1) is 24.0 Å². The molecule has 0 heterocycles. The average Bonchev–Trinajstić information content (AvgIpc) is 3.21. The number of ketones is 2. The second-order valence-corrected chi connectivity index (χ2v) is 16.2. The van der Waals surface area contributed by atoms with Gasteiger partial charge in [-0.05, 0) is 90.2 Å². The van der Waals surface area contributed by atoms with E-state index in [4.69, 9.17) is 19.3 Å². The first-order chi connectivity index (χ1) is 26.4. The van der Waals surface area contributed by atoms with Gasteiger partial charge in [-0.1, -0.05) is 54.6 Å². The summed E-state index contributed by atoms with van der Waals surface area (Å²) in [5, 5.41) is 8.97. The number of sulfonamides is 2. The monoisotopic (exact) mass is 784 g/mol. The fourth-order valence-electron chi connectivity index (χ4n) is 6.47. The van der Waals surface area contributed by atoms with Gasteiger partial charge in [0.2, 0.25) is 20.0 Å². The van der Waals surface area contributed by atoms with Gasteiger partial charge in [0.1, 0.15) is 17.1 Å². The predicted molar refractivity (Wildman–Crippen MR) is 205 cm³/mol. The average molecular weight is 785 g/mol. The number of hydrogen-bond donors (Lipinski definition) is 3. The van der Waals surface area contributed by atoms with Crippen LogP contribution in [0, 0.1) is 0 Å². The molecular formula is C41H40N2O10S2. The van der Waals surface area contributed by atoms with Gasteiger partial charge in [0.15, 0.2) is 11.6 Å². The number of ether oxygens (including phenoxy) is 3. The summed E-state index contributed by atoms with van der Waals surface area (Å²) in [6, 6.07) is 32.1. The van der Waals surface area contributed by atoms with E-state index < -0.39 is 37.2 Å². The summed E-state index contributed by atoms with van der Waals surface area (Å²) in [4.78, 5) is 26.6. The highest BCUT2D eigenvalue weighted by Crippen LogP contribution is 2.42. The van der Waals surface area contributed by atoms with Crippen LogP contribution in [0.4, 0.5) is 0 Å². The van der Waals surface area contributed by atoms with Crippen LogP contribution in [0.2, 0.25) is 0 Å². The van der Waals surface area contributed by atoms with Crippen molar-refractivity contribution in [2.75, 3.05) is 40.5 Å². The van der Waals surface area contributed by atoms with E-state index >= 15 is 0 Å². The highest BCUT2D eigenvalue weighted by molar-refractivity contribution is 7.89. The molecule has 1 aliphatic rings. The van der Waals surface area contributed by atoms with Crippen LogP contribution in [-0.4, -0.2) is 74.0 Å². The van der Waals surface area contributed by atoms with Crippen molar-refractivity contribution in [2.45, 2.75) is 28.2 Å². The Bertz CT molecular complexity index is 2350. The summed E-state index contributed by atoms with van der Waals surface area (Å²) in [6.07, 6.45) is 0.475. The zero-order valence-corrected chi connectivity index (χ0v) is 31.8. The zero-order chi connectivity index (χ0) is 39.2. The smallest absolute Gasteiger partial charge is 0.240 e. The van der Waals surface area contributed by atoms with E-state index in [2.05, 4.69) is 9.44 Å². The van der Waals surface area contributed by atoms with Gasteiger partial charge in [-0.3, -0.25) is 9.59 Å². The van der Waals surface area contributed by atoms with E-state index in [0.717, 1.165) is 28.8 Å². The summed E-state index contributed by atoms with van der Waals surface area (Å²) >= 11 is 0. The molecular weight excluding hydrogens is 745 g/mol. The molecule has 0 spiro atoms. The fraction of sp³-hybridized carbons (Fsp3) is 0.220. The minimum Gasteiger partial charge on any atom is -0.497 e. The Morgan fingerprint density at radius 3 is 1.44 bits per heavy atom. The first-order valence-corrected chi connectivity index (χ1v) is 20.4. The van der Waals surface area contributed by atoms with Crippen molar-refractivity contribution in [3.05, 3.63) is 154 Å². The Balaban J connectivity index is 1.20. The lowest BCUT2D eigenvalue weighted by molar-refractivity contribution is 0.0121. The second kappa shape index (κ2) is 16.7. The number of rotatable bonds is 17. The minimum atomic E-state index is -4.14. The zero-order valence-electron chi connectivity index (χ0n) is 30.2. The van der Waals surface area contributed by atoms with Crippen LogP contribution in [0.25, 0.3) is 0 Å². The van der Waals surface area contributed by atoms with E-state index in [0.29, 0.717) is 11.5 Å². The van der Waals surface area contributed by atoms with Crippen molar-refractivity contribution < 1.29 is 45.7 Å².